The molecule has 0 saturated heterocycles. The molecule has 0 aliphatic heterocycles. The number of hydrogen-bond acceptors (Lipinski definition) is 0. The summed E-state index contributed by atoms with van der Waals surface area (Å²) in [5.41, 5.74) is 0. The Hall–Kier alpha value is 3.65. The molecule has 0 aliphatic carbocycles. The van der Waals surface area contributed by atoms with Gasteiger partial charge in [0.25, 0.3) is 0 Å². The largest absolute Gasteiger partial charge is 0 e. The van der Waals surface area contributed by atoms with Crippen molar-refractivity contribution in [2.75, 3.05) is 0 Å². The Morgan fingerprint density at radius 1 is 0.385 bits per heavy atom. The molecule has 0 aliphatic rings. The van der Waals surface area contributed by atoms with Crippen LogP contribution in [0.4, 0.5) is 0 Å². The Labute approximate surface area is 180 Å². The molecule has 0 aromatic carbocycles. The molecule has 4 radical (unpaired) electrons. The second-order valence-corrected chi connectivity index (χ2v) is 0. The molecule has 0 aromatic rings. The molecule has 4 nitrogen and oxygen atoms in total. The van der Waals surface area contributed by atoms with Crippen LogP contribution in [0.5, 0.6) is 0 Å². The molecule has 0 aromatic heterocycles. The van der Waals surface area contributed by atoms with Crippen LogP contribution in [-0.4, -0.2) is 118 Å². The van der Waals surface area contributed by atoms with E-state index in [-0.39, 0.29) is 139 Å². The quantitative estimate of drug-likeness (QED) is 0.291. The second kappa shape index (κ2) is 252. The summed E-state index contributed by atoms with van der Waals surface area (Å²) in [6, 6.07) is 0. The molecule has 0 unspecified atom stereocenters. The van der Waals surface area contributed by atoms with Crippen LogP contribution < -0.4 is 0 Å². The van der Waals surface area contributed by atoms with E-state index in [9.17, 15) is 0 Å². The molecule has 0 atom stereocenters. The summed E-state index contributed by atoms with van der Waals surface area (Å²) in [6.07, 6.45) is 0. The van der Waals surface area contributed by atoms with Crippen LogP contribution in [0.15, 0.2) is 0 Å². The molecule has 9 heteroatoms. The molecular formula is C4MoNa4O4. The smallest absolute Gasteiger partial charge is 0 e. The van der Waals surface area contributed by atoms with Gasteiger partial charge in [-0.05, 0) is 0 Å². The van der Waals surface area contributed by atoms with E-state index in [4.69, 9.17) is 18.6 Å². The molecule has 50 valence electrons. The molecular weight excluding hydrogens is 300 g/mol. The third kappa shape index (κ3) is 219. The zero-order chi connectivity index (χ0) is 8.00. The van der Waals surface area contributed by atoms with Crippen LogP contribution in [-0.2, 0) is 39.7 Å². The van der Waals surface area contributed by atoms with Gasteiger partial charge in [-0.15, -0.1) is 0 Å². The maximum atomic E-state index is 7.50. The summed E-state index contributed by atoms with van der Waals surface area (Å²) >= 11 is 0. The van der Waals surface area contributed by atoms with Crippen molar-refractivity contribution in [3.05, 3.63) is 26.6 Å². The fraction of sp³-hybridized carbons (Fsp3) is 0. The predicted octanol–water partition coefficient (Wildman–Crippen LogP) is -1.68. The Morgan fingerprint density at radius 2 is 0.385 bits per heavy atom. The zero-order valence-electron chi connectivity index (χ0n) is 8.04. The van der Waals surface area contributed by atoms with Crippen LogP contribution in [0.1, 0.15) is 0 Å². The summed E-state index contributed by atoms with van der Waals surface area (Å²) in [7, 11) is 0. The fourth-order valence-corrected chi connectivity index (χ4v) is 0. The molecule has 0 heterocycles. The first kappa shape index (κ1) is 69.7. The van der Waals surface area contributed by atoms with Crippen molar-refractivity contribution in [3.8, 4) is 0 Å². The Kier molecular flexibility index (Phi) is 1350. The molecule has 0 amide bonds. The van der Waals surface area contributed by atoms with E-state index < -0.39 is 0 Å². The van der Waals surface area contributed by atoms with Crippen molar-refractivity contribution in [2.45, 2.75) is 0 Å². The maximum Gasteiger partial charge on any atom is 0 e. The van der Waals surface area contributed by atoms with Gasteiger partial charge in [-0.25, -0.2) is 0 Å². The van der Waals surface area contributed by atoms with E-state index in [1.54, 1.807) is 0 Å². The van der Waals surface area contributed by atoms with E-state index in [1.807, 2.05) is 0 Å². The van der Waals surface area contributed by atoms with Gasteiger partial charge < -0.3 is 0 Å². The third-order valence-corrected chi connectivity index (χ3v) is 0. The second-order valence-electron chi connectivity index (χ2n) is 0. The van der Waals surface area contributed by atoms with Crippen molar-refractivity contribution in [2.24, 2.45) is 0 Å². The van der Waals surface area contributed by atoms with Crippen LogP contribution in [0.3, 0.4) is 0 Å². The third-order valence-electron chi connectivity index (χ3n) is 0. The summed E-state index contributed by atoms with van der Waals surface area (Å²) in [5, 5.41) is 0. The Bertz CT molecular complexity index is 67.1. The minimum absolute atomic E-state index is 0. The molecule has 0 spiro atoms. The number of rotatable bonds is 0. The van der Waals surface area contributed by atoms with Gasteiger partial charge in [0.15, 0.2) is 0 Å². The molecule has 0 fully saturated rings. The van der Waals surface area contributed by atoms with Gasteiger partial charge in [-0.3, -0.25) is 0 Å². The normalized spacial score (nSPS) is 0.615. The van der Waals surface area contributed by atoms with E-state index in [2.05, 4.69) is 26.6 Å². The topological polar surface area (TPSA) is 79.6 Å². The summed E-state index contributed by atoms with van der Waals surface area (Å²) in [4.78, 5) is 0. The van der Waals surface area contributed by atoms with Crippen LogP contribution in [0.2, 0.25) is 0 Å². The van der Waals surface area contributed by atoms with Crippen molar-refractivity contribution >= 4 is 118 Å². The van der Waals surface area contributed by atoms with Gasteiger partial charge in [-0.1, -0.05) is 0 Å². The van der Waals surface area contributed by atoms with Gasteiger partial charge in [0, 0.05) is 139 Å². The first-order valence-electron chi connectivity index (χ1n) is 0.816. The van der Waals surface area contributed by atoms with Gasteiger partial charge >= 0.3 is 45.2 Å². The molecule has 13 heavy (non-hydrogen) atoms. The molecule has 0 saturated carbocycles. The van der Waals surface area contributed by atoms with Crippen LogP contribution >= 0.6 is 0 Å². The zero-order valence-corrected chi connectivity index (χ0v) is 18.0. The first-order valence-corrected chi connectivity index (χ1v) is 0.816. The molecule has 0 rings (SSSR count). The molecule has 0 bridgehead atoms. The van der Waals surface area contributed by atoms with Gasteiger partial charge in [0.2, 0.25) is 0 Å². The van der Waals surface area contributed by atoms with E-state index in [0.29, 0.717) is 0 Å². The fourth-order valence-electron chi connectivity index (χ4n) is 0. The average molecular weight is 300 g/mol. The monoisotopic (exact) mass is 302 g/mol. The molecule has 0 N–H and O–H groups in total. The minimum atomic E-state index is 0. The van der Waals surface area contributed by atoms with Crippen molar-refractivity contribution in [1.82, 2.24) is 0 Å². The standard InChI is InChI=1S/4CO.Mo.4Na/c4*1-2;;;;;. The van der Waals surface area contributed by atoms with E-state index in [1.165, 1.54) is 0 Å². The van der Waals surface area contributed by atoms with Crippen molar-refractivity contribution in [1.29, 1.82) is 0 Å². The summed E-state index contributed by atoms with van der Waals surface area (Å²) in [6.45, 7) is 18.0. The Morgan fingerprint density at radius 3 is 0.385 bits per heavy atom. The maximum absolute atomic E-state index is 7.50. The summed E-state index contributed by atoms with van der Waals surface area (Å²) in [5.74, 6) is 0. The first-order chi connectivity index (χ1) is 4.00. The van der Waals surface area contributed by atoms with Crippen molar-refractivity contribution < 1.29 is 39.7 Å². The van der Waals surface area contributed by atoms with Crippen LogP contribution in [0.25, 0.3) is 0 Å². The average Bonchev–Trinajstić information content (AvgIpc) is 2.03. The van der Waals surface area contributed by atoms with Gasteiger partial charge in [0.05, 0.1) is 0 Å². The SMILES string of the molecule is [C-]#[O+].[C-]#[O+].[C-]#[O+].[C-]#[O+].[Mo].[Na].[Na].[Na].[Na]. The number of hydrogen-bond donors (Lipinski definition) is 0. The van der Waals surface area contributed by atoms with Crippen LogP contribution in [0, 0.1) is 26.6 Å². The van der Waals surface area contributed by atoms with Gasteiger partial charge in [0.1, 0.15) is 0 Å². The van der Waals surface area contributed by atoms with E-state index >= 15 is 0 Å². The van der Waals surface area contributed by atoms with Gasteiger partial charge in [-0.2, -0.15) is 0 Å². The van der Waals surface area contributed by atoms with Crippen molar-refractivity contribution in [3.63, 3.8) is 0 Å². The Balaban J connectivity index is -0.00000000208. The minimum Gasteiger partial charge on any atom is 0 e. The summed E-state index contributed by atoms with van der Waals surface area (Å²) < 4.78 is 30.0. The predicted molar refractivity (Wildman–Crippen MR) is 38.7 cm³/mol. The van der Waals surface area contributed by atoms with E-state index in [0.717, 1.165) is 0 Å².